The van der Waals surface area contributed by atoms with E-state index in [0.29, 0.717) is 30.2 Å². The molecule has 1 aliphatic rings. The number of hydrogen-bond acceptors (Lipinski definition) is 4. The maximum absolute atomic E-state index is 12.8. The van der Waals surface area contributed by atoms with E-state index < -0.39 is 0 Å². The van der Waals surface area contributed by atoms with Gasteiger partial charge in [-0.25, -0.2) is 0 Å². The molecule has 5 heteroatoms. The van der Waals surface area contributed by atoms with Gasteiger partial charge in [-0.15, -0.1) is 0 Å². The molecule has 1 aliphatic heterocycles. The van der Waals surface area contributed by atoms with Crippen molar-refractivity contribution in [2.45, 2.75) is 0 Å². The first-order valence-electron chi connectivity index (χ1n) is 8.42. The highest BCUT2D eigenvalue weighted by molar-refractivity contribution is 5.97. The maximum atomic E-state index is 12.8. The number of fused-ring (bicyclic) bond motifs is 1. The smallest absolute Gasteiger partial charge is 0.289 e. The quantitative estimate of drug-likeness (QED) is 0.735. The Morgan fingerprint density at radius 3 is 2.48 bits per heavy atom. The fraction of sp³-hybridized carbons (Fsp3) is 0.250. The summed E-state index contributed by atoms with van der Waals surface area (Å²) in [4.78, 5) is 16.9. The minimum atomic E-state index is -0.0639. The average molecular weight is 336 g/mol. The Morgan fingerprint density at radius 1 is 1.00 bits per heavy atom. The van der Waals surface area contributed by atoms with Gasteiger partial charge in [0.15, 0.2) is 17.1 Å². The van der Waals surface area contributed by atoms with Crippen molar-refractivity contribution in [3.63, 3.8) is 0 Å². The van der Waals surface area contributed by atoms with Crippen LogP contribution in [-0.2, 0) is 0 Å². The van der Waals surface area contributed by atoms with Gasteiger partial charge in [-0.2, -0.15) is 0 Å². The summed E-state index contributed by atoms with van der Waals surface area (Å²) in [6.07, 6.45) is 0. The normalized spacial score (nSPS) is 14.8. The molecular weight excluding hydrogens is 316 g/mol. The minimum absolute atomic E-state index is 0.0639. The van der Waals surface area contributed by atoms with Crippen molar-refractivity contribution in [3.8, 4) is 5.75 Å². The van der Waals surface area contributed by atoms with Crippen LogP contribution in [0.2, 0.25) is 0 Å². The van der Waals surface area contributed by atoms with E-state index in [9.17, 15) is 4.79 Å². The summed E-state index contributed by atoms with van der Waals surface area (Å²) in [6, 6.07) is 17.7. The van der Waals surface area contributed by atoms with E-state index in [0.717, 1.165) is 18.5 Å². The second-order valence-electron chi connectivity index (χ2n) is 6.10. The average Bonchev–Trinajstić information content (AvgIpc) is 3.12. The van der Waals surface area contributed by atoms with E-state index in [1.54, 1.807) is 13.2 Å². The van der Waals surface area contributed by atoms with Crippen LogP contribution < -0.4 is 9.64 Å². The standard InChI is InChI=1S/C20H20N2O3/c1-24-17-9-5-6-15-14-18(25-19(15)17)20(23)22-12-10-21(11-13-22)16-7-3-2-4-8-16/h2-9,14H,10-13H2,1H3. The van der Waals surface area contributed by atoms with Gasteiger partial charge in [0.05, 0.1) is 7.11 Å². The van der Waals surface area contributed by atoms with E-state index in [-0.39, 0.29) is 5.91 Å². The third-order valence-electron chi connectivity index (χ3n) is 4.63. The van der Waals surface area contributed by atoms with E-state index in [1.165, 1.54) is 5.69 Å². The molecule has 0 radical (unpaired) electrons. The molecule has 1 amide bonds. The molecule has 0 spiro atoms. The number of hydrogen-bond donors (Lipinski definition) is 0. The van der Waals surface area contributed by atoms with Crippen LogP contribution in [-0.4, -0.2) is 44.1 Å². The van der Waals surface area contributed by atoms with Gasteiger partial charge in [0.2, 0.25) is 0 Å². The summed E-state index contributed by atoms with van der Waals surface area (Å²) in [5.41, 5.74) is 1.82. The number of ether oxygens (including phenoxy) is 1. The number of amides is 1. The Balaban J connectivity index is 1.49. The van der Waals surface area contributed by atoms with Crippen molar-refractivity contribution < 1.29 is 13.9 Å². The number of methoxy groups -OCH3 is 1. The van der Waals surface area contributed by atoms with E-state index >= 15 is 0 Å². The van der Waals surface area contributed by atoms with Crippen LogP contribution in [0.4, 0.5) is 5.69 Å². The number of nitrogens with zero attached hydrogens (tertiary/aromatic N) is 2. The molecular formula is C20H20N2O3. The first kappa shape index (κ1) is 15.6. The number of carbonyl (C=O) groups excluding carboxylic acids is 1. The summed E-state index contributed by atoms with van der Waals surface area (Å²) in [5.74, 6) is 0.948. The van der Waals surface area contributed by atoms with Gasteiger partial charge < -0.3 is 19.0 Å². The van der Waals surface area contributed by atoms with Crippen molar-refractivity contribution in [1.29, 1.82) is 0 Å². The first-order valence-corrected chi connectivity index (χ1v) is 8.42. The SMILES string of the molecule is COc1cccc2cc(C(=O)N3CCN(c4ccccc4)CC3)oc12. The lowest BCUT2D eigenvalue weighted by Crippen LogP contribution is -2.48. The molecule has 5 nitrogen and oxygen atoms in total. The topological polar surface area (TPSA) is 45.9 Å². The molecule has 2 heterocycles. The Kier molecular flexibility index (Phi) is 4.06. The fourth-order valence-electron chi connectivity index (χ4n) is 3.26. The molecule has 128 valence electrons. The van der Waals surface area contributed by atoms with Gasteiger partial charge in [-0.05, 0) is 24.3 Å². The van der Waals surface area contributed by atoms with Gasteiger partial charge in [0, 0.05) is 37.3 Å². The van der Waals surface area contributed by atoms with Crippen LogP contribution in [0, 0.1) is 0 Å². The van der Waals surface area contributed by atoms with Crippen molar-refractivity contribution >= 4 is 22.6 Å². The van der Waals surface area contributed by atoms with Gasteiger partial charge in [-0.3, -0.25) is 4.79 Å². The Labute approximate surface area is 146 Å². The molecule has 0 saturated carbocycles. The molecule has 0 bridgehead atoms. The third kappa shape index (κ3) is 2.93. The van der Waals surface area contributed by atoms with E-state index in [1.807, 2.05) is 41.3 Å². The molecule has 4 rings (SSSR count). The molecule has 3 aromatic rings. The Hall–Kier alpha value is -2.95. The van der Waals surface area contributed by atoms with Crippen LogP contribution in [0.25, 0.3) is 11.0 Å². The summed E-state index contributed by atoms with van der Waals surface area (Å²) in [6.45, 7) is 3.00. The lowest BCUT2D eigenvalue weighted by Gasteiger charge is -2.35. The number of furan rings is 1. The molecule has 0 N–H and O–H groups in total. The van der Waals surface area contributed by atoms with Crippen LogP contribution >= 0.6 is 0 Å². The maximum Gasteiger partial charge on any atom is 0.289 e. The fourth-order valence-corrected chi connectivity index (χ4v) is 3.26. The molecule has 1 saturated heterocycles. The largest absolute Gasteiger partial charge is 0.493 e. The van der Waals surface area contributed by atoms with Crippen molar-refractivity contribution in [1.82, 2.24) is 4.90 Å². The second-order valence-corrected chi connectivity index (χ2v) is 6.10. The van der Waals surface area contributed by atoms with Crippen LogP contribution in [0.15, 0.2) is 59.0 Å². The Morgan fingerprint density at radius 2 is 1.76 bits per heavy atom. The zero-order valence-electron chi connectivity index (χ0n) is 14.1. The first-order chi connectivity index (χ1) is 12.3. The van der Waals surface area contributed by atoms with Crippen LogP contribution in [0.5, 0.6) is 5.75 Å². The molecule has 1 aromatic heterocycles. The van der Waals surface area contributed by atoms with Gasteiger partial charge in [-0.1, -0.05) is 30.3 Å². The second kappa shape index (κ2) is 6.51. The number of piperazine rings is 1. The molecule has 2 aromatic carbocycles. The highest BCUT2D eigenvalue weighted by atomic mass is 16.5. The van der Waals surface area contributed by atoms with Gasteiger partial charge in [0.1, 0.15) is 0 Å². The minimum Gasteiger partial charge on any atom is -0.493 e. The predicted molar refractivity (Wildman–Crippen MR) is 97.3 cm³/mol. The zero-order chi connectivity index (χ0) is 17.2. The summed E-state index contributed by atoms with van der Waals surface area (Å²) < 4.78 is 11.1. The van der Waals surface area contributed by atoms with Crippen LogP contribution in [0.1, 0.15) is 10.6 Å². The zero-order valence-corrected chi connectivity index (χ0v) is 14.1. The number of anilines is 1. The number of para-hydroxylation sites is 2. The molecule has 0 atom stereocenters. The lowest BCUT2D eigenvalue weighted by atomic mass is 10.2. The van der Waals surface area contributed by atoms with E-state index in [2.05, 4.69) is 17.0 Å². The Bertz CT molecular complexity index is 880. The van der Waals surface area contributed by atoms with Crippen molar-refractivity contribution in [3.05, 3.63) is 60.4 Å². The molecule has 25 heavy (non-hydrogen) atoms. The van der Waals surface area contributed by atoms with Gasteiger partial charge >= 0.3 is 0 Å². The summed E-state index contributed by atoms with van der Waals surface area (Å²) in [5, 5.41) is 0.880. The highest BCUT2D eigenvalue weighted by Crippen LogP contribution is 2.29. The number of rotatable bonds is 3. The molecule has 0 aliphatic carbocycles. The predicted octanol–water partition coefficient (Wildman–Crippen LogP) is 3.40. The molecule has 0 unspecified atom stereocenters. The monoisotopic (exact) mass is 336 g/mol. The summed E-state index contributed by atoms with van der Waals surface area (Å²) in [7, 11) is 1.60. The lowest BCUT2D eigenvalue weighted by molar-refractivity contribution is 0.0717. The van der Waals surface area contributed by atoms with Gasteiger partial charge in [0.25, 0.3) is 5.91 Å². The van der Waals surface area contributed by atoms with Crippen molar-refractivity contribution in [2.24, 2.45) is 0 Å². The van der Waals surface area contributed by atoms with Crippen molar-refractivity contribution in [2.75, 3.05) is 38.2 Å². The highest BCUT2D eigenvalue weighted by Gasteiger charge is 2.25. The van der Waals surface area contributed by atoms with E-state index in [4.69, 9.17) is 9.15 Å². The third-order valence-corrected chi connectivity index (χ3v) is 4.63. The summed E-state index contributed by atoms with van der Waals surface area (Å²) >= 11 is 0. The van der Waals surface area contributed by atoms with Crippen LogP contribution in [0.3, 0.4) is 0 Å². The number of carbonyl (C=O) groups is 1. The molecule has 1 fully saturated rings. The number of benzene rings is 2.